The van der Waals surface area contributed by atoms with Gasteiger partial charge in [-0.05, 0) is 60.0 Å². The van der Waals surface area contributed by atoms with Crippen molar-refractivity contribution < 1.29 is 35.9 Å². The Morgan fingerprint density at radius 1 is 0.875 bits per heavy atom. The summed E-state index contributed by atoms with van der Waals surface area (Å²) in [5, 5.41) is 12.9. The standard InChI is InChI=1S/C27H19F6N5O2/c1-13-22(24(39)36-20-6-7-21-17(10-20)12-34-38-21)23(37-25(40)35-13)15-4-2-14(3-5-15)16-8-18(26(28,29)30)11-19(9-16)27(31,32)33/h2-12,22-23H,1H3,(H,34,38)(H,36,39)(H,37,40). The number of anilines is 1. The normalized spacial score (nSPS) is 17.9. The molecule has 206 valence electrons. The van der Waals surface area contributed by atoms with Gasteiger partial charge in [0.2, 0.25) is 5.91 Å². The number of urea groups is 1. The first kappa shape index (κ1) is 26.9. The van der Waals surface area contributed by atoms with Crippen LogP contribution >= 0.6 is 0 Å². The third kappa shape index (κ3) is 5.40. The van der Waals surface area contributed by atoms with Gasteiger partial charge in [0.05, 0.1) is 28.9 Å². The van der Waals surface area contributed by atoms with Crippen LogP contribution in [0.5, 0.6) is 0 Å². The molecule has 40 heavy (non-hydrogen) atoms. The molecule has 0 bridgehead atoms. The van der Waals surface area contributed by atoms with Crippen LogP contribution in [0.25, 0.3) is 22.0 Å². The predicted octanol–water partition coefficient (Wildman–Crippen LogP) is 6.75. The van der Waals surface area contributed by atoms with Crippen LogP contribution < -0.4 is 10.6 Å². The fourth-order valence-electron chi connectivity index (χ4n) is 4.58. The first-order valence-corrected chi connectivity index (χ1v) is 11.8. The molecule has 2 atom stereocenters. The minimum atomic E-state index is -4.98. The van der Waals surface area contributed by atoms with Gasteiger partial charge in [-0.3, -0.25) is 9.89 Å². The Bertz CT molecular complexity index is 1610. The monoisotopic (exact) mass is 559 g/mol. The highest BCUT2D eigenvalue weighted by Crippen LogP contribution is 2.39. The van der Waals surface area contributed by atoms with Crippen molar-refractivity contribution in [2.24, 2.45) is 10.9 Å². The molecule has 5 rings (SSSR count). The maximum absolute atomic E-state index is 13.3. The molecule has 1 aliphatic rings. The van der Waals surface area contributed by atoms with Crippen LogP contribution in [0.4, 0.5) is 36.8 Å². The van der Waals surface area contributed by atoms with Gasteiger partial charge in [0, 0.05) is 16.8 Å². The lowest BCUT2D eigenvalue weighted by atomic mass is 9.86. The second kappa shape index (κ2) is 9.81. The number of rotatable bonds is 4. The number of hydrogen-bond acceptors (Lipinski definition) is 3. The maximum atomic E-state index is 13.3. The molecule has 0 saturated carbocycles. The Hall–Kier alpha value is -4.68. The van der Waals surface area contributed by atoms with Gasteiger partial charge in [0.25, 0.3) is 0 Å². The van der Waals surface area contributed by atoms with E-state index in [1.807, 2.05) is 0 Å². The van der Waals surface area contributed by atoms with E-state index in [-0.39, 0.29) is 22.9 Å². The quantitative estimate of drug-likeness (QED) is 0.241. The van der Waals surface area contributed by atoms with Gasteiger partial charge in [-0.2, -0.15) is 31.4 Å². The van der Waals surface area contributed by atoms with E-state index < -0.39 is 47.4 Å². The molecular formula is C27H19F6N5O2. The number of alkyl halides is 6. The van der Waals surface area contributed by atoms with Gasteiger partial charge in [-0.25, -0.2) is 9.79 Å². The van der Waals surface area contributed by atoms with Crippen LogP contribution in [0.15, 0.2) is 71.9 Å². The number of nitrogens with zero attached hydrogens (tertiary/aromatic N) is 2. The zero-order valence-electron chi connectivity index (χ0n) is 20.5. The van der Waals surface area contributed by atoms with Gasteiger partial charge in [-0.15, -0.1) is 0 Å². The molecule has 7 nitrogen and oxygen atoms in total. The van der Waals surface area contributed by atoms with E-state index in [0.29, 0.717) is 23.4 Å². The van der Waals surface area contributed by atoms with Crippen LogP contribution in [-0.2, 0) is 17.1 Å². The van der Waals surface area contributed by atoms with E-state index in [0.717, 1.165) is 10.9 Å². The molecule has 0 aliphatic carbocycles. The highest BCUT2D eigenvalue weighted by atomic mass is 19.4. The molecule has 0 saturated heterocycles. The second-order valence-electron chi connectivity index (χ2n) is 9.24. The van der Waals surface area contributed by atoms with E-state index in [4.69, 9.17) is 0 Å². The summed E-state index contributed by atoms with van der Waals surface area (Å²) in [6.07, 6.45) is -8.38. The van der Waals surface area contributed by atoms with Crippen LogP contribution in [-0.4, -0.2) is 27.8 Å². The van der Waals surface area contributed by atoms with Crippen LogP contribution in [0, 0.1) is 5.92 Å². The zero-order chi connectivity index (χ0) is 28.8. The highest BCUT2D eigenvalue weighted by molar-refractivity contribution is 6.13. The number of amides is 3. The molecule has 4 aromatic rings. The van der Waals surface area contributed by atoms with E-state index in [1.54, 1.807) is 24.4 Å². The molecule has 2 unspecified atom stereocenters. The lowest BCUT2D eigenvalue weighted by Crippen LogP contribution is -2.45. The fraction of sp³-hybridized carbons (Fsp3) is 0.185. The lowest BCUT2D eigenvalue weighted by molar-refractivity contribution is -0.143. The zero-order valence-corrected chi connectivity index (χ0v) is 20.5. The van der Waals surface area contributed by atoms with Gasteiger partial charge in [0.15, 0.2) is 0 Å². The van der Waals surface area contributed by atoms with Crippen molar-refractivity contribution in [1.29, 1.82) is 0 Å². The average molecular weight is 559 g/mol. The minimum absolute atomic E-state index is 0.0606. The predicted molar refractivity (Wildman–Crippen MR) is 134 cm³/mol. The molecule has 13 heteroatoms. The summed E-state index contributed by atoms with van der Waals surface area (Å²) in [5.41, 5.74) is -1.20. The summed E-state index contributed by atoms with van der Waals surface area (Å²) < 4.78 is 79.8. The van der Waals surface area contributed by atoms with Crippen molar-refractivity contribution in [3.05, 3.63) is 83.6 Å². The number of fused-ring (bicyclic) bond motifs is 1. The third-order valence-electron chi connectivity index (χ3n) is 6.52. The number of aliphatic imine (C=N–C) groups is 1. The number of aromatic amines is 1. The Balaban J connectivity index is 1.46. The summed E-state index contributed by atoms with van der Waals surface area (Å²) in [6, 6.07) is 10.4. The average Bonchev–Trinajstić information content (AvgIpc) is 3.35. The van der Waals surface area contributed by atoms with Crippen molar-refractivity contribution in [1.82, 2.24) is 15.5 Å². The number of H-pyrrole nitrogens is 1. The largest absolute Gasteiger partial charge is 0.416 e. The minimum Gasteiger partial charge on any atom is -0.328 e. The summed E-state index contributed by atoms with van der Waals surface area (Å²) in [6.45, 7) is 1.52. The highest BCUT2D eigenvalue weighted by Gasteiger charge is 2.38. The molecule has 0 fully saturated rings. The number of benzene rings is 3. The molecule has 0 radical (unpaired) electrons. The van der Waals surface area contributed by atoms with E-state index >= 15 is 0 Å². The molecule has 2 heterocycles. The van der Waals surface area contributed by atoms with Crippen molar-refractivity contribution in [2.75, 3.05) is 5.32 Å². The molecular weight excluding hydrogens is 540 g/mol. The Labute approximate surface area is 222 Å². The molecule has 3 aromatic carbocycles. The third-order valence-corrected chi connectivity index (χ3v) is 6.52. The summed E-state index contributed by atoms with van der Waals surface area (Å²) in [7, 11) is 0. The maximum Gasteiger partial charge on any atom is 0.416 e. The number of halogens is 6. The van der Waals surface area contributed by atoms with E-state index in [2.05, 4.69) is 25.8 Å². The number of aromatic nitrogens is 2. The van der Waals surface area contributed by atoms with Gasteiger partial charge >= 0.3 is 18.4 Å². The molecule has 3 amide bonds. The van der Waals surface area contributed by atoms with Gasteiger partial charge in [0.1, 0.15) is 5.92 Å². The molecule has 0 spiro atoms. The first-order chi connectivity index (χ1) is 18.8. The van der Waals surface area contributed by atoms with Crippen molar-refractivity contribution >= 4 is 34.2 Å². The van der Waals surface area contributed by atoms with Gasteiger partial charge in [-0.1, -0.05) is 24.3 Å². The second-order valence-corrected chi connectivity index (χ2v) is 9.24. The Morgan fingerprint density at radius 3 is 2.15 bits per heavy atom. The van der Waals surface area contributed by atoms with Gasteiger partial charge < -0.3 is 10.6 Å². The van der Waals surface area contributed by atoms with Crippen LogP contribution in [0.1, 0.15) is 29.7 Å². The topological polar surface area (TPSA) is 99.2 Å². The van der Waals surface area contributed by atoms with E-state index in [9.17, 15) is 35.9 Å². The first-order valence-electron chi connectivity index (χ1n) is 11.8. The number of carbonyl (C=O) groups excluding carboxylic acids is 2. The number of hydrogen-bond donors (Lipinski definition) is 3. The SMILES string of the molecule is CC1=NC(=O)NC(c2ccc(-c3cc(C(F)(F)F)cc(C(F)(F)F)c3)cc2)C1C(=O)Nc1ccc2[nH]ncc2c1. The fourth-order valence-corrected chi connectivity index (χ4v) is 4.58. The summed E-state index contributed by atoms with van der Waals surface area (Å²) in [5.74, 6) is -1.43. The smallest absolute Gasteiger partial charge is 0.328 e. The van der Waals surface area contributed by atoms with Crippen molar-refractivity contribution in [2.45, 2.75) is 25.3 Å². The molecule has 1 aromatic heterocycles. The van der Waals surface area contributed by atoms with E-state index in [1.165, 1.54) is 31.2 Å². The molecule has 3 N–H and O–H groups in total. The van der Waals surface area contributed by atoms with Crippen LogP contribution in [0.2, 0.25) is 0 Å². The van der Waals surface area contributed by atoms with Crippen LogP contribution in [0.3, 0.4) is 0 Å². The Morgan fingerprint density at radius 2 is 1.52 bits per heavy atom. The summed E-state index contributed by atoms with van der Waals surface area (Å²) >= 11 is 0. The molecule has 1 aliphatic heterocycles. The number of nitrogens with one attached hydrogen (secondary N) is 3. The number of carbonyl (C=O) groups is 2. The van der Waals surface area contributed by atoms with Crippen molar-refractivity contribution in [3.63, 3.8) is 0 Å². The lowest BCUT2D eigenvalue weighted by Gasteiger charge is -2.30. The Kier molecular flexibility index (Phi) is 6.60. The summed E-state index contributed by atoms with van der Waals surface area (Å²) in [4.78, 5) is 29.4. The van der Waals surface area contributed by atoms with Crippen molar-refractivity contribution in [3.8, 4) is 11.1 Å².